The van der Waals surface area contributed by atoms with Crippen molar-refractivity contribution < 1.29 is 4.74 Å². The van der Waals surface area contributed by atoms with E-state index < -0.39 is 0 Å². The van der Waals surface area contributed by atoms with Crippen LogP contribution in [0.4, 0.5) is 0 Å². The van der Waals surface area contributed by atoms with Gasteiger partial charge in [-0.3, -0.25) is 0 Å². The fourth-order valence-corrected chi connectivity index (χ4v) is 1.66. The van der Waals surface area contributed by atoms with Crippen LogP contribution in [0.5, 0.6) is 0 Å². The first-order chi connectivity index (χ1) is 7.84. The van der Waals surface area contributed by atoms with Crippen molar-refractivity contribution in [3.05, 3.63) is 35.9 Å². The van der Waals surface area contributed by atoms with Crippen LogP contribution in [0.3, 0.4) is 0 Å². The summed E-state index contributed by atoms with van der Waals surface area (Å²) >= 11 is 0. The van der Waals surface area contributed by atoms with Crippen LogP contribution in [-0.4, -0.2) is 20.2 Å². The van der Waals surface area contributed by atoms with E-state index in [-0.39, 0.29) is 6.10 Å². The summed E-state index contributed by atoms with van der Waals surface area (Å²) in [6.45, 7) is 4.08. The number of hydrogen-bond donors (Lipinski definition) is 1. The van der Waals surface area contributed by atoms with Gasteiger partial charge in [0.2, 0.25) is 0 Å². The molecule has 1 aromatic rings. The van der Waals surface area contributed by atoms with Crippen LogP contribution >= 0.6 is 0 Å². The van der Waals surface area contributed by atoms with E-state index in [9.17, 15) is 0 Å². The Morgan fingerprint density at radius 1 is 1.12 bits per heavy atom. The molecule has 0 spiro atoms. The van der Waals surface area contributed by atoms with Crippen molar-refractivity contribution in [1.82, 2.24) is 5.32 Å². The molecule has 0 fully saturated rings. The quantitative estimate of drug-likeness (QED) is 0.681. The first kappa shape index (κ1) is 13.2. The third-order valence-corrected chi connectivity index (χ3v) is 2.71. The number of nitrogens with one attached hydrogen (secondary N) is 1. The van der Waals surface area contributed by atoms with Gasteiger partial charge in [0.15, 0.2) is 0 Å². The Labute approximate surface area is 99.0 Å². The lowest BCUT2D eigenvalue weighted by molar-refractivity contribution is 0.0628. The van der Waals surface area contributed by atoms with E-state index in [0.717, 1.165) is 19.6 Å². The molecule has 0 aliphatic carbocycles. The minimum absolute atomic E-state index is 0.213. The minimum Gasteiger partial charge on any atom is -0.374 e. The summed E-state index contributed by atoms with van der Waals surface area (Å²) in [5.74, 6) is 0. The number of rotatable bonds is 8. The van der Waals surface area contributed by atoms with Crippen LogP contribution in [0.2, 0.25) is 0 Å². The van der Waals surface area contributed by atoms with Gasteiger partial charge < -0.3 is 10.1 Å². The molecule has 1 atom stereocenters. The lowest BCUT2D eigenvalue weighted by Gasteiger charge is -2.13. The van der Waals surface area contributed by atoms with E-state index >= 15 is 0 Å². The lowest BCUT2D eigenvalue weighted by atomic mass is 10.1. The fourth-order valence-electron chi connectivity index (χ4n) is 1.66. The first-order valence-corrected chi connectivity index (χ1v) is 6.15. The number of hydrogen-bond acceptors (Lipinski definition) is 2. The molecule has 0 radical (unpaired) electrons. The van der Waals surface area contributed by atoms with Gasteiger partial charge in [0, 0.05) is 6.61 Å². The topological polar surface area (TPSA) is 21.3 Å². The van der Waals surface area contributed by atoms with Crippen molar-refractivity contribution >= 4 is 0 Å². The van der Waals surface area contributed by atoms with E-state index in [0.29, 0.717) is 0 Å². The van der Waals surface area contributed by atoms with Gasteiger partial charge in [-0.2, -0.15) is 0 Å². The van der Waals surface area contributed by atoms with E-state index in [1.54, 1.807) is 0 Å². The molecule has 90 valence electrons. The van der Waals surface area contributed by atoms with Gasteiger partial charge in [0.1, 0.15) is 0 Å². The second-order valence-corrected chi connectivity index (χ2v) is 4.09. The molecule has 0 heterocycles. The van der Waals surface area contributed by atoms with Crippen LogP contribution in [0.1, 0.15) is 37.9 Å². The van der Waals surface area contributed by atoms with Crippen molar-refractivity contribution in [3.63, 3.8) is 0 Å². The highest BCUT2D eigenvalue weighted by Crippen LogP contribution is 2.16. The van der Waals surface area contributed by atoms with E-state index in [1.165, 1.54) is 18.4 Å². The molecule has 0 aliphatic heterocycles. The van der Waals surface area contributed by atoms with E-state index in [4.69, 9.17) is 4.74 Å². The highest BCUT2D eigenvalue weighted by molar-refractivity contribution is 5.16. The smallest absolute Gasteiger partial charge is 0.0796 e. The normalized spacial score (nSPS) is 12.6. The zero-order chi connectivity index (χ0) is 11.6. The molecule has 0 aliphatic rings. The van der Waals surface area contributed by atoms with Crippen LogP contribution in [0.15, 0.2) is 30.3 Å². The predicted octanol–water partition coefficient (Wildman–Crippen LogP) is 3.15. The summed E-state index contributed by atoms with van der Waals surface area (Å²) in [5.41, 5.74) is 1.26. The summed E-state index contributed by atoms with van der Waals surface area (Å²) in [7, 11) is 1.99. The maximum Gasteiger partial charge on any atom is 0.0796 e. The highest BCUT2D eigenvalue weighted by atomic mass is 16.5. The molecule has 1 rings (SSSR count). The monoisotopic (exact) mass is 221 g/mol. The molecular formula is C14H23NO. The van der Waals surface area contributed by atoms with Crippen molar-refractivity contribution in [2.45, 2.75) is 32.3 Å². The molecule has 1 N–H and O–H groups in total. The Morgan fingerprint density at radius 3 is 2.56 bits per heavy atom. The van der Waals surface area contributed by atoms with E-state index in [2.05, 4.69) is 36.5 Å². The van der Waals surface area contributed by atoms with E-state index in [1.807, 2.05) is 13.1 Å². The average Bonchev–Trinajstić information content (AvgIpc) is 2.34. The summed E-state index contributed by atoms with van der Waals surface area (Å²) in [5, 5.41) is 3.15. The molecule has 1 aromatic carbocycles. The van der Waals surface area contributed by atoms with Crippen molar-refractivity contribution in [2.75, 3.05) is 20.2 Å². The molecule has 1 unspecified atom stereocenters. The van der Waals surface area contributed by atoms with Gasteiger partial charge in [0.05, 0.1) is 6.10 Å². The molecule has 2 nitrogen and oxygen atoms in total. The zero-order valence-corrected chi connectivity index (χ0v) is 10.4. The summed E-state index contributed by atoms with van der Waals surface area (Å²) < 4.78 is 5.79. The minimum atomic E-state index is 0.213. The molecule has 2 heteroatoms. The zero-order valence-electron chi connectivity index (χ0n) is 10.4. The first-order valence-electron chi connectivity index (χ1n) is 6.15. The molecular weight excluding hydrogens is 198 g/mol. The van der Waals surface area contributed by atoms with Gasteiger partial charge in [-0.05, 0) is 45.3 Å². The summed E-state index contributed by atoms with van der Waals surface area (Å²) in [4.78, 5) is 0. The summed E-state index contributed by atoms with van der Waals surface area (Å²) in [6.07, 6.45) is 3.84. The van der Waals surface area contributed by atoms with Crippen LogP contribution < -0.4 is 5.32 Å². The van der Waals surface area contributed by atoms with Crippen molar-refractivity contribution in [2.24, 2.45) is 0 Å². The van der Waals surface area contributed by atoms with Gasteiger partial charge in [0.25, 0.3) is 0 Å². The number of benzene rings is 1. The number of ether oxygens (including phenoxy) is 1. The highest BCUT2D eigenvalue weighted by Gasteiger charge is 2.03. The fraction of sp³-hybridized carbons (Fsp3) is 0.571. The Hall–Kier alpha value is -0.860. The second kappa shape index (κ2) is 8.31. The Morgan fingerprint density at radius 2 is 1.88 bits per heavy atom. The average molecular weight is 221 g/mol. The van der Waals surface area contributed by atoms with Crippen molar-refractivity contribution in [3.8, 4) is 0 Å². The van der Waals surface area contributed by atoms with Gasteiger partial charge in [-0.25, -0.2) is 0 Å². The maximum absolute atomic E-state index is 5.79. The maximum atomic E-state index is 5.79. The van der Waals surface area contributed by atoms with Crippen LogP contribution in [0, 0.1) is 0 Å². The molecule has 0 amide bonds. The van der Waals surface area contributed by atoms with Gasteiger partial charge >= 0.3 is 0 Å². The molecule has 0 aromatic heterocycles. The van der Waals surface area contributed by atoms with Crippen molar-refractivity contribution in [1.29, 1.82) is 0 Å². The molecule has 0 saturated carbocycles. The summed E-state index contributed by atoms with van der Waals surface area (Å²) in [6, 6.07) is 10.4. The largest absolute Gasteiger partial charge is 0.374 e. The molecule has 0 saturated heterocycles. The Kier molecular flexibility index (Phi) is 6.86. The number of unbranched alkanes of at least 4 members (excludes halogenated alkanes) is 2. The van der Waals surface area contributed by atoms with Crippen LogP contribution in [0.25, 0.3) is 0 Å². The van der Waals surface area contributed by atoms with Gasteiger partial charge in [-0.15, -0.1) is 0 Å². The SMILES string of the molecule is CNCCCCCOC(C)c1ccccc1. The third-order valence-electron chi connectivity index (χ3n) is 2.71. The lowest BCUT2D eigenvalue weighted by Crippen LogP contribution is -2.08. The Bertz CT molecular complexity index is 261. The predicted molar refractivity (Wildman–Crippen MR) is 68.6 cm³/mol. The second-order valence-electron chi connectivity index (χ2n) is 4.09. The standard InChI is InChI=1S/C14H23NO/c1-13(14-9-5-3-6-10-14)16-12-8-4-7-11-15-2/h3,5-6,9-10,13,15H,4,7-8,11-12H2,1-2H3. The molecule has 0 bridgehead atoms. The third kappa shape index (κ3) is 5.29. The molecule has 16 heavy (non-hydrogen) atoms. The van der Waals surface area contributed by atoms with Crippen LogP contribution in [-0.2, 0) is 4.74 Å². The Balaban J connectivity index is 2.09. The van der Waals surface area contributed by atoms with Gasteiger partial charge in [-0.1, -0.05) is 30.3 Å².